The number of hydrogen-bond donors (Lipinski definition) is 1. The van der Waals surface area contributed by atoms with Crippen molar-refractivity contribution in [2.24, 2.45) is 0 Å². The van der Waals surface area contributed by atoms with E-state index in [-0.39, 0.29) is 16.7 Å². The van der Waals surface area contributed by atoms with Gasteiger partial charge < -0.3 is 10.2 Å². The third-order valence-electron chi connectivity index (χ3n) is 7.37. The van der Waals surface area contributed by atoms with Crippen molar-refractivity contribution >= 4 is 24.5 Å². The summed E-state index contributed by atoms with van der Waals surface area (Å²) in [6, 6.07) is 21.9. The Balaban J connectivity index is 1.70. The van der Waals surface area contributed by atoms with Crippen LogP contribution >= 0.6 is 0 Å². The predicted molar refractivity (Wildman–Crippen MR) is 145 cm³/mol. The van der Waals surface area contributed by atoms with Crippen LogP contribution in [-0.4, -0.2) is 24.2 Å². The van der Waals surface area contributed by atoms with E-state index in [4.69, 9.17) is 15.3 Å². The van der Waals surface area contributed by atoms with E-state index in [1.54, 1.807) is 0 Å². The molecule has 1 aliphatic rings. The Morgan fingerprint density at radius 2 is 1.41 bits per heavy atom. The molecule has 1 fully saturated rings. The van der Waals surface area contributed by atoms with E-state index in [1.165, 1.54) is 10.4 Å². The second-order valence-corrected chi connectivity index (χ2v) is 16.1. The molecule has 1 heterocycles. The second kappa shape index (κ2) is 9.01. The van der Waals surface area contributed by atoms with Gasteiger partial charge in [0.25, 0.3) is 8.32 Å². The third kappa shape index (κ3) is 4.36. The Kier molecular flexibility index (Phi) is 6.56. The lowest BCUT2D eigenvalue weighted by atomic mass is 10.0. The molecule has 5 heteroatoms. The smallest absolute Gasteiger partial charge is 0.261 e. The lowest BCUT2D eigenvalue weighted by molar-refractivity contribution is 0.193. The Hall–Kier alpha value is -2.37. The van der Waals surface area contributed by atoms with Crippen molar-refractivity contribution in [3.63, 3.8) is 0 Å². The van der Waals surface area contributed by atoms with E-state index in [0.717, 1.165) is 36.3 Å². The van der Waals surface area contributed by atoms with Crippen LogP contribution in [0.4, 0.5) is 5.82 Å². The van der Waals surface area contributed by atoms with Crippen LogP contribution in [-0.2, 0) is 9.96 Å². The summed E-state index contributed by atoms with van der Waals surface area (Å²) in [5.74, 6) is 1.17. The molecule has 1 aliphatic carbocycles. The summed E-state index contributed by atoms with van der Waals surface area (Å²) in [5.41, 5.74) is 8.63. The molecular formula is C29H41N3OSi. The summed E-state index contributed by atoms with van der Waals surface area (Å²) < 4.78 is 9.40. The molecule has 2 aromatic carbocycles. The van der Waals surface area contributed by atoms with Crippen molar-refractivity contribution < 1.29 is 4.43 Å². The molecule has 4 nitrogen and oxygen atoms in total. The zero-order chi connectivity index (χ0) is 24.7. The summed E-state index contributed by atoms with van der Waals surface area (Å²) in [4.78, 5) is 0. The number of nitrogens with two attached hydrogens (primary N) is 1. The van der Waals surface area contributed by atoms with Crippen LogP contribution < -0.4 is 16.1 Å². The number of aromatic nitrogens is 2. The molecule has 0 radical (unpaired) electrons. The molecule has 1 saturated carbocycles. The first-order valence-electron chi connectivity index (χ1n) is 12.6. The number of anilines is 1. The van der Waals surface area contributed by atoms with Crippen LogP contribution in [0.5, 0.6) is 0 Å². The molecule has 182 valence electrons. The maximum absolute atomic E-state index is 7.40. The minimum Gasteiger partial charge on any atom is -0.404 e. The van der Waals surface area contributed by atoms with Gasteiger partial charge in [0.05, 0.1) is 11.2 Å². The van der Waals surface area contributed by atoms with Gasteiger partial charge >= 0.3 is 0 Å². The normalized spacial score (nSPS) is 19.5. The van der Waals surface area contributed by atoms with Crippen molar-refractivity contribution in [1.29, 1.82) is 0 Å². The molecule has 0 amide bonds. The SMILES string of the molecule is Cc1c([C@H]2CC[C@@H](O[Si](c3ccccc3)(c3ccccc3)C(C)(C)C)C2)nn(C(C)(C)C)c1N. The van der Waals surface area contributed by atoms with Gasteiger partial charge in [-0.1, -0.05) is 81.4 Å². The van der Waals surface area contributed by atoms with Gasteiger partial charge in [0.2, 0.25) is 0 Å². The Morgan fingerprint density at radius 1 is 0.882 bits per heavy atom. The highest BCUT2D eigenvalue weighted by atomic mass is 28.4. The third-order valence-corrected chi connectivity index (χ3v) is 12.5. The van der Waals surface area contributed by atoms with Gasteiger partial charge in [-0.25, -0.2) is 4.68 Å². The first-order chi connectivity index (χ1) is 15.9. The maximum atomic E-state index is 7.40. The molecule has 34 heavy (non-hydrogen) atoms. The minimum atomic E-state index is -2.54. The fraction of sp³-hybridized carbons (Fsp3) is 0.483. The first-order valence-corrected chi connectivity index (χ1v) is 14.5. The Labute approximate surface area is 206 Å². The summed E-state index contributed by atoms with van der Waals surface area (Å²) in [5, 5.41) is 7.68. The van der Waals surface area contributed by atoms with Gasteiger partial charge in [0.15, 0.2) is 0 Å². The zero-order valence-electron chi connectivity index (χ0n) is 21.9. The predicted octanol–water partition coefficient (Wildman–Crippen LogP) is 5.74. The van der Waals surface area contributed by atoms with E-state index in [9.17, 15) is 0 Å². The number of benzene rings is 2. The van der Waals surface area contributed by atoms with Gasteiger partial charge in [0.1, 0.15) is 5.82 Å². The summed E-state index contributed by atoms with van der Waals surface area (Å²) in [7, 11) is -2.54. The van der Waals surface area contributed by atoms with E-state index < -0.39 is 8.32 Å². The molecule has 2 atom stereocenters. The fourth-order valence-electron chi connectivity index (χ4n) is 5.66. The average Bonchev–Trinajstić information content (AvgIpc) is 3.36. The monoisotopic (exact) mass is 475 g/mol. The van der Waals surface area contributed by atoms with Crippen molar-refractivity contribution in [2.75, 3.05) is 5.73 Å². The van der Waals surface area contributed by atoms with Crippen LogP contribution in [0.25, 0.3) is 0 Å². The van der Waals surface area contributed by atoms with Gasteiger partial charge in [-0.3, -0.25) is 0 Å². The van der Waals surface area contributed by atoms with Crippen LogP contribution in [0.3, 0.4) is 0 Å². The number of rotatable bonds is 5. The van der Waals surface area contributed by atoms with Crippen molar-refractivity contribution in [2.45, 2.75) is 90.3 Å². The first kappa shape index (κ1) is 24.7. The molecule has 0 bridgehead atoms. The van der Waals surface area contributed by atoms with E-state index in [2.05, 4.69) is 109 Å². The summed E-state index contributed by atoms with van der Waals surface area (Å²) in [6.45, 7) is 15.6. The molecule has 0 spiro atoms. The number of hydrogen-bond acceptors (Lipinski definition) is 3. The van der Waals surface area contributed by atoms with Crippen molar-refractivity contribution in [3.8, 4) is 0 Å². The van der Waals surface area contributed by atoms with Gasteiger partial charge in [-0.15, -0.1) is 0 Å². The van der Waals surface area contributed by atoms with E-state index in [0.29, 0.717) is 5.92 Å². The molecular weight excluding hydrogens is 434 g/mol. The summed E-state index contributed by atoms with van der Waals surface area (Å²) in [6.07, 6.45) is 3.34. The number of nitrogens with zero attached hydrogens (tertiary/aromatic N) is 2. The van der Waals surface area contributed by atoms with Crippen molar-refractivity contribution in [1.82, 2.24) is 9.78 Å². The molecule has 0 saturated heterocycles. The maximum Gasteiger partial charge on any atom is 0.261 e. The van der Waals surface area contributed by atoms with E-state index >= 15 is 0 Å². The molecule has 0 unspecified atom stereocenters. The molecule has 2 N–H and O–H groups in total. The van der Waals surface area contributed by atoms with Crippen molar-refractivity contribution in [3.05, 3.63) is 71.9 Å². The highest BCUT2D eigenvalue weighted by molar-refractivity contribution is 6.99. The minimum absolute atomic E-state index is 0.0120. The standard InChI is InChI=1S/C29H41N3OSi/c1-21-26(31-32(27(21)30)28(2,3)4)22-18-19-23(20-22)33-34(29(5,6)7,24-14-10-8-11-15-24)25-16-12-9-13-17-25/h8-17,22-23H,18-20,30H2,1-7H3/t22-,23+/m0/s1. The Morgan fingerprint density at radius 3 is 1.85 bits per heavy atom. The number of nitrogen functional groups attached to an aromatic ring is 1. The largest absolute Gasteiger partial charge is 0.404 e. The highest BCUT2D eigenvalue weighted by Crippen LogP contribution is 2.43. The van der Waals surface area contributed by atoms with Gasteiger partial charge in [-0.2, -0.15) is 5.10 Å². The van der Waals surface area contributed by atoms with Crippen LogP contribution in [0.2, 0.25) is 5.04 Å². The summed E-state index contributed by atoms with van der Waals surface area (Å²) >= 11 is 0. The average molecular weight is 476 g/mol. The zero-order valence-corrected chi connectivity index (χ0v) is 22.9. The van der Waals surface area contributed by atoms with Crippen LogP contribution in [0.1, 0.15) is 78.0 Å². The second-order valence-electron chi connectivity index (χ2n) is 11.9. The molecule has 4 rings (SSSR count). The fourth-order valence-corrected chi connectivity index (χ4v) is 10.4. The van der Waals surface area contributed by atoms with E-state index in [1.807, 2.05) is 4.68 Å². The highest BCUT2D eigenvalue weighted by Gasteiger charge is 2.52. The van der Waals surface area contributed by atoms with Gasteiger partial charge in [-0.05, 0) is 62.4 Å². The molecule has 3 aromatic rings. The lowest BCUT2D eigenvalue weighted by Crippen LogP contribution is -2.67. The quantitative estimate of drug-likeness (QED) is 0.479. The van der Waals surface area contributed by atoms with Gasteiger partial charge in [0, 0.05) is 17.6 Å². The van der Waals surface area contributed by atoms with Crippen LogP contribution in [0.15, 0.2) is 60.7 Å². The molecule has 0 aliphatic heterocycles. The lowest BCUT2D eigenvalue weighted by Gasteiger charge is -2.44. The topological polar surface area (TPSA) is 53.1 Å². The molecule has 1 aromatic heterocycles. The Bertz CT molecular complexity index is 1070. The van der Waals surface area contributed by atoms with Crippen LogP contribution in [0, 0.1) is 6.92 Å².